The molecule has 2 aromatic rings. The number of aromatic nitrogens is 3. The molecule has 0 radical (unpaired) electrons. The van der Waals surface area contributed by atoms with Crippen molar-refractivity contribution in [2.24, 2.45) is 0 Å². The largest absolute Gasteiger partial charge is 0.378 e. The van der Waals surface area contributed by atoms with Crippen molar-refractivity contribution in [3.05, 3.63) is 28.2 Å². The van der Waals surface area contributed by atoms with Gasteiger partial charge in [0.25, 0.3) is 0 Å². The Labute approximate surface area is 172 Å². The van der Waals surface area contributed by atoms with Gasteiger partial charge in [0.2, 0.25) is 11.9 Å². The lowest BCUT2D eigenvalue weighted by molar-refractivity contribution is -0.115. The van der Waals surface area contributed by atoms with Crippen LogP contribution in [0.3, 0.4) is 0 Å². The average Bonchev–Trinajstić information content (AvgIpc) is 3.07. The number of hydrogen-bond acceptors (Lipinski definition) is 6. The number of hydrogen-bond donors (Lipinski definition) is 1. The van der Waals surface area contributed by atoms with Gasteiger partial charge in [0.15, 0.2) is 5.16 Å². The first-order valence-electron chi connectivity index (χ1n) is 8.68. The molecule has 3 rings (SSSR count). The van der Waals surface area contributed by atoms with E-state index in [2.05, 4.69) is 20.4 Å². The van der Waals surface area contributed by atoms with Crippen LogP contribution in [0.2, 0.25) is 10.0 Å². The third kappa shape index (κ3) is 4.87. The van der Waals surface area contributed by atoms with Gasteiger partial charge in [0, 0.05) is 24.7 Å². The van der Waals surface area contributed by atoms with E-state index in [4.69, 9.17) is 27.9 Å². The predicted octanol–water partition coefficient (Wildman–Crippen LogP) is 3.56. The zero-order valence-electron chi connectivity index (χ0n) is 15.1. The van der Waals surface area contributed by atoms with Crippen LogP contribution in [-0.2, 0) is 16.1 Å². The Kier molecular flexibility index (Phi) is 6.86. The van der Waals surface area contributed by atoms with Crippen molar-refractivity contribution < 1.29 is 9.53 Å². The first-order valence-corrected chi connectivity index (χ1v) is 10.3. The Morgan fingerprint density at radius 3 is 2.74 bits per heavy atom. The molecule has 146 valence electrons. The standard InChI is InChI=1S/C17H21Cl2N5O2S/c1-3-24-16(23-6-8-26-9-7-23)21-22-17(24)27-11(2)15(25)20-14-5-4-12(18)10-13(14)19/h4-5,10-11H,3,6-9H2,1-2H3,(H,20,25). The van der Waals surface area contributed by atoms with Crippen molar-refractivity contribution in [3.8, 4) is 0 Å². The van der Waals surface area contributed by atoms with Gasteiger partial charge in [-0.25, -0.2) is 0 Å². The minimum atomic E-state index is -0.371. The van der Waals surface area contributed by atoms with Crippen LogP contribution in [0, 0.1) is 0 Å². The average molecular weight is 430 g/mol. The fourth-order valence-electron chi connectivity index (χ4n) is 2.68. The van der Waals surface area contributed by atoms with Crippen molar-refractivity contribution >= 4 is 52.5 Å². The maximum Gasteiger partial charge on any atom is 0.237 e. The maximum atomic E-state index is 12.6. The molecule has 1 unspecified atom stereocenters. The van der Waals surface area contributed by atoms with Crippen molar-refractivity contribution in [1.29, 1.82) is 0 Å². The molecule has 0 spiro atoms. The highest BCUT2D eigenvalue weighted by atomic mass is 35.5. The lowest BCUT2D eigenvalue weighted by Gasteiger charge is -2.27. The minimum absolute atomic E-state index is 0.164. The topological polar surface area (TPSA) is 72.3 Å². The first kappa shape index (κ1) is 20.3. The normalized spacial score (nSPS) is 15.6. The van der Waals surface area contributed by atoms with Crippen LogP contribution in [0.1, 0.15) is 13.8 Å². The second-order valence-electron chi connectivity index (χ2n) is 6.00. The summed E-state index contributed by atoms with van der Waals surface area (Å²) in [5.74, 6) is 0.652. The molecule has 10 heteroatoms. The summed E-state index contributed by atoms with van der Waals surface area (Å²) >= 11 is 13.4. The van der Waals surface area contributed by atoms with Crippen molar-refractivity contribution in [1.82, 2.24) is 14.8 Å². The number of amides is 1. The monoisotopic (exact) mass is 429 g/mol. The molecule has 1 atom stereocenters. The summed E-state index contributed by atoms with van der Waals surface area (Å²) in [6.45, 7) is 7.52. The second-order valence-corrected chi connectivity index (χ2v) is 8.15. The molecular formula is C17H21Cl2N5O2S. The zero-order chi connectivity index (χ0) is 19.4. The molecule has 1 aliphatic rings. The molecule has 1 aromatic heterocycles. The molecule has 0 bridgehead atoms. The van der Waals surface area contributed by atoms with Crippen LogP contribution >= 0.6 is 35.0 Å². The Morgan fingerprint density at radius 1 is 1.33 bits per heavy atom. The molecule has 1 fully saturated rings. The molecular weight excluding hydrogens is 409 g/mol. The molecule has 0 saturated carbocycles. The summed E-state index contributed by atoms with van der Waals surface area (Å²) in [4.78, 5) is 14.7. The van der Waals surface area contributed by atoms with Crippen LogP contribution < -0.4 is 10.2 Å². The van der Waals surface area contributed by atoms with Gasteiger partial charge >= 0.3 is 0 Å². The molecule has 7 nitrogen and oxygen atoms in total. The van der Waals surface area contributed by atoms with Crippen molar-refractivity contribution in [3.63, 3.8) is 0 Å². The Bertz CT molecular complexity index is 811. The van der Waals surface area contributed by atoms with Crippen LogP contribution in [-0.4, -0.2) is 52.2 Å². The number of nitrogens with one attached hydrogen (secondary N) is 1. The third-order valence-corrected chi connectivity index (χ3v) is 5.78. The van der Waals surface area contributed by atoms with E-state index < -0.39 is 0 Å². The molecule has 1 N–H and O–H groups in total. The number of rotatable bonds is 6. The Balaban J connectivity index is 1.68. The number of benzene rings is 1. The number of thioether (sulfide) groups is 1. The molecule has 2 heterocycles. The summed E-state index contributed by atoms with van der Waals surface area (Å²) in [7, 11) is 0. The Morgan fingerprint density at radius 2 is 2.07 bits per heavy atom. The minimum Gasteiger partial charge on any atom is -0.378 e. The van der Waals surface area contributed by atoms with Crippen LogP contribution in [0.25, 0.3) is 0 Å². The van der Waals surface area contributed by atoms with E-state index in [9.17, 15) is 4.79 Å². The lowest BCUT2D eigenvalue weighted by Crippen LogP contribution is -2.38. The number of nitrogens with zero attached hydrogens (tertiary/aromatic N) is 4. The molecule has 1 amide bonds. The van der Waals surface area contributed by atoms with Gasteiger partial charge in [-0.1, -0.05) is 35.0 Å². The molecule has 1 aromatic carbocycles. The van der Waals surface area contributed by atoms with E-state index in [-0.39, 0.29) is 11.2 Å². The lowest BCUT2D eigenvalue weighted by atomic mass is 10.3. The highest BCUT2D eigenvalue weighted by Gasteiger charge is 2.23. The first-order chi connectivity index (χ1) is 13.0. The zero-order valence-corrected chi connectivity index (χ0v) is 17.4. The smallest absolute Gasteiger partial charge is 0.237 e. The number of anilines is 2. The number of carbonyl (C=O) groups is 1. The molecule has 27 heavy (non-hydrogen) atoms. The van der Waals surface area contributed by atoms with Gasteiger partial charge < -0.3 is 15.0 Å². The van der Waals surface area contributed by atoms with Gasteiger partial charge in [-0.05, 0) is 32.0 Å². The third-order valence-electron chi connectivity index (χ3n) is 4.15. The number of morpholine rings is 1. The quantitative estimate of drug-likeness (QED) is 0.707. The summed E-state index contributed by atoms with van der Waals surface area (Å²) in [5.41, 5.74) is 0.532. The number of carbonyl (C=O) groups excluding carboxylic acids is 1. The van der Waals surface area contributed by atoms with Crippen LogP contribution in [0.4, 0.5) is 11.6 Å². The predicted molar refractivity (Wildman–Crippen MR) is 109 cm³/mol. The van der Waals surface area contributed by atoms with Gasteiger partial charge in [-0.3, -0.25) is 9.36 Å². The number of ether oxygens (including phenoxy) is 1. The van der Waals surface area contributed by atoms with Crippen molar-refractivity contribution in [2.75, 3.05) is 36.5 Å². The van der Waals surface area contributed by atoms with Gasteiger partial charge in [0.1, 0.15) is 0 Å². The van der Waals surface area contributed by atoms with Gasteiger partial charge in [0.05, 0.1) is 29.2 Å². The van der Waals surface area contributed by atoms with E-state index >= 15 is 0 Å². The summed E-state index contributed by atoms with van der Waals surface area (Å²) in [6, 6.07) is 4.97. The SMILES string of the molecule is CCn1c(SC(C)C(=O)Nc2ccc(Cl)cc2Cl)nnc1N1CCOCC1. The molecule has 0 aliphatic carbocycles. The summed E-state index contributed by atoms with van der Waals surface area (Å²) in [6.07, 6.45) is 0. The van der Waals surface area contributed by atoms with E-state index in [1.54, 1.807) is 18.2 Å². The molecule has 1 aliphatic heterocycles. The van der Waals surface area contributed by atoms with E-state index in [1.807, 2.05) is 18.4 Å². The van der Waals surface area contributed by atoms with Crippen LogP contribution in [0.5, 0.6) is 0 Å². The van der Waals surface area contributed by atoms with Crippen LogP contribution in [0.15, 0.2) is 23.4 Å². The highest BCUT2D eigenvalue weighted by molar-refractivity contribution is 8.00. The Hall–Kier alpha value is -1.48. The van der Waals surface area contributed by atoms with Crippen molar-refractivity contribution in [2.45, 2.75) is 30.8 Å². The molecule has 1 saturated heterocycles. The fraction of sp³-hybridized carbons (Fsp3) is 0.471. The summed E-state index contributed by atoms with van der Waals surface area (Å²) in [5, 5.41) is 12.7. The van der Waals surface area contributed by atoms with E-state index in [0.717, 1.165) is 25.6 Å². The van der Waals surface area contributed by atoms with Gasteiger partial charge in [-0.2, -0.15) is 0 Å². The fourth-order valence-corrected chi connectivity index (χ4v) is 4.04. The highest BCUT2D eigenvalue weighted by Crippen LogP contribution is 2.29. The maximum absolute atomic E-state index is 12.6. The summed E-state index contributed by atoms with van der Waals surface area (Å²) < 4.78 is 7.42. The van der Waals surface area contributed by atoms with E-state index in [1.165, 1.54) is 11.8 Å². The number of halogens is 2. The van der Waals surface area contributed by atoms with E-state index in [0.29, 0.717) is 34.1 Å². The van der Waals surface area contributed by atoms with Gasteiger partial charge in [-0.15, -0.1) is 10.2 Å². The second kappa shape index (κ2) is 9.14.